The topological polar surface area (TPSA) is 93.4 Å². The smallest absolute Gasteiger partial charge is 0.392 e. The number of nitrogens with zero attached hydrogens (tertiary/aromatic N) is 1. The SMILES string of the molecule is OC[C@H]1[C@@H](O)[C@H](O)[C@@H](O)CN1CCCCCOCC1CCC(C2CCCCC2)C(C(F)(F)F)C1. The Morgan fingerprint density at radius 2 is 1.62 bits per heavy atom. The van der Waals surface area contributed by atoms with E-state index in [9.17, 15) is 33.6 Å². The highest BCUT2D eigenvalue weighted by molar-refractivity contribution is 4.94. The number of piperidine rings is 1. The van der Waals surface area contributed by atoms with Crippen LogP contribution in [0.1, 0.15) is 70.6 Å². The second-order valence-electron chi connectivity index (χ2n) is 10.8. The summed E-state index contributed by atoms with van der Waals surface area (Å²) in [5.74, 6) is -1.20. The Morgan fingerprint density at radius 1 is 0.882 bits per heavy atom. The zero-order chi connectivity index (χ0) is 24.7. The Hall–Kier alpha value is -0.450. The van der Waals surface area contributed by atoms with Crippen LogP contribution in [0.2, 0.25) is 0 Å². The van der Waals surface area contributed by atoms with Crippen molar-refractivity contribution in [3.8, 4) is 0 Å². The molecule has 200 valence electrons. The first kappa shape index (κ1) is 28.1. The Morgan fingerprint density at radius 3 is 2.29 bits per heavy atom. The fraction of sp³-hybridized carbons (Fsp3) is 1.00. The summed E-state index contributed by atoms with van der Waals surface area (Å²) in [5.41, 5.74) is 0. The minimum absolute atomic E-state index is 0.0282. The first-order valence-corrected chi connectivity index (χ1v) is 13.3. The summed E-state index contributed by atoms with van der Waals surface area (Å²) in [6.45, 7) is 1.37. The van der Waals surface area contributed by atoms with Gasteiger partial charge in [-0.25, -0.2) is 0 Å². The van der Waals surface area contributed by atoms with Gasteiger partial charge in [-0.15, -0.1) is 0 Å². The van der Waals surface area contributed by atoms with Crippen LogP contribution in [-0.2, 0) is 4.74 Å². The molecule has 3 rings (SSSR count). The largest absolute Gasteiger partial charge is 0.395 e. The first-order valence-electron chi connectivity index (χ1n) is 13.3. The first-order chi connectivity index (χ1) is 16.2. The van der Waals surface area contributed by atoms with Crippen LogP contribution < -0.4 is 0 Å². The Bertz CT molecular complexity index is 589. The highest BCUT2D eigenvalue weighted by atomic mass is 19.4. The molecule has 9 heteroatoms. The molecule has 7 atom stereocenters. The second-order valence-corrected chi connectivity index (χ2v) is 10.8. The molecule has 1 heterocycles. The molecule has 0 aromatic rings. The molecule has 0 aromatic carbocycles. The van der Waals surface area contributed by atoms with Gasteiger partial charge in [0.1, 0.15) is 12.2 Å². The molecule has 2 saturated carbocycles. The zero-order valence-corrected chi connectivity index (χ0v) is 20.2. The second kappa shape index (κ2) is 13.2. The quantitative estimate of drug-likeness (QED) is 0.348. The Kier molecular flexibility index (Phi) is 10.9. The minimum Gasteiger partial charge on any atom is -0.395 e. The number of rotatable bonds is 10. The highest BCUT2D eigenvalue weighted by Gasteiger charge is 2.49. The summed E-state index contributed by atoms with van der Waals surface area (Å²) in [6, 6.07) is -0.597. The highest BCUT2D eigenvalue weighted by Crippen LogP contribution is 2.49. The van der Waals surface area contributed by atoms with E-state index in [2.05, 4.69) is 0 Å². The summed E-state index contributed by atoms with van der Waals surface area (Å²) < 4.78 is 47.2. The van der Waals surface area contributed by atoms with E-state index in [4.69, 9.17) is 4.74 Å². The van der Waals surface area contributed by atoms with Crippen LogP contribution >= 0.6 is 0 Å². The van der Waals surface area contributed by atoms with Crippen LogP contribution in [0.25, 0.3) is 0 Å². The zero-order valence-electron chi connectivity index (χ0n) is 20.2. The van der Waals surface area contributed by atoms with Gasteiger partial charge in [0.15, 0.2) is 0 Å². The predicted octanol–water partition coefficient (Wildman–Crippen LogP) is 3.11. The van der Waals surface area contributed by atoms with Crippen molar-refractivity contribution >= 4 is 0 Å². The van der Waals surface area contributed by atoms with E-state index in [0.29, 0.717) is 26.2 Å². The lowest BCUT2D eigenvalue weighted by Crippen LogP contribution is -2.62. The van der Waals surface area contributed by atoms with Crippen LogP contribution in [0.15, 0.2) is 0 Å². The number of ether oxygens (including phenoxy) is 1. The standard InChI is InChI=1S/C25H44F3NO5/c26-25(27,28)20-13-17(9-10-19(20)18-7-3-1-4-8-18)16-34-12-6-2-5-11-29-14-22(31)24(33)23(32)21(29)15-30/h17-24,30-33H,1-16H2/t17?,19?,20?,21-,22-,23+,24+/m0/s1. The fourth-order valence-corrected chi connectivity index (χ4v) is 6.52. The van der Waals surface area contributed by atoms with Crippen LogP contribution in [0.3, 0.4) is 0 Å². The van der Waals surface area contributed by atoms with Crippen molar-refractivity contribution in [2.75, 3.05) is 32.9 Å². The van der Waals surface area contributed by atoms with E-state index >= 15 is 0 Å². The molecule has 0 aromatic heterocycles. The average molecular weight is 496 g/mol. The fourth-order valence-electron chi connectivity index (χ4n) is 6.52. The van der Waals surface area contributed by atoms with Crippen molar-refractivity contribution in [1.82, 2.24) is 4.90 Å². The average Bonchev–Trinajstić information content (AvgIpc) is 2.82. The number of β-amino-alcohol motifs (C(OH)–C–C–N with tert-alkyl or cyclic N) is 1. The maximum atomic E-state index is 13.8. The van der Waals surface area contributed by atoms with E-state index in [1.54, 1.807) is 4.90 Å². The number of hydrogen-bond acceptors (Lipinski definition) is 6. The van der Waals surface area contributed by atoms with Crippen LogP contribution in [0.5, 0.6) is 0 Å². The molecule has 2 aliphatic carbocycles. The van der Waals surface area contributed by atoms with Crippen molar-refractivity contribution in [2.24, 2.45) is 23.7 Å². The molecule has 0 spiro atoms. The van der Waals surface area contributed by atoms with Gasteiger partial charge < -0.3 is 25.2 Å². The maximum Gasteiger partial charge on any atom is 0.392 e. The molecule has 34 heavy (non-hydrogen) atoms. The van der Waals surface area contributed by atoms with Gasteiger partial charge in [-0.3, -0.25) is 4.90 Å². The molecule has 3 aliphatic rings. The molecule has 0 radical (unpaired) electrons. The molecule has 1 saturated heterocycles. The summed E-state index contributed by atoms with van der Waals surface area (Å²) in [6.07, 6.45) is 1.66. The van der Waals surface area contributed by atoms with Gasteiger partial charge in [-0.1, -0.05) is 32.1 Å². The minimum atomic E-state index is -4.13. The van der Waals surface area contributed by atoms with Crippen molar-refractivity contribution in [1.29, 1.82) is 0 Å². The summed E-state index contributed by atoms with van der Waals surface area (Å²) in [4.78, 5) is 1.80. The van der Waals surface area contributed by atoms with E-state index in [1.165, 1.54) is 0 Å². The van der Waals surface area contributed by atoms with Gasteiger partial charge >= 0.3 is 6.18 Å². The molecule has 1 aliphatic heterocycles. The molecule has 6 nitrogen and oxygen atoms in total. The van der Waals surface area contributed by atoms with Gasteiger partial charge in [0, 0.05) is 19.8 Å². The monoisotopic (exact) mass is 495 g/mol. The number of alkyl halides is 3. The molecule has 0 bridgehead atoms. The number of aliphatic hydroxyl groups excluding tert-OH is 4. The van der Waals surface area contributed by atoms with E-state index in [0.717, 1.165) is 57.8 Å². The van der Waals surface area contributed by atoms with Gasteiger partial charge in [0.25, 0.3) is 0 Å². The number of hydrogen-bond donors (Lipinski definition) is 4. The summed E-state index contributed by atoms with van der Waals surface area (Å²) in [5, 5.41) is 39.2. The third kappa shape index (κ3) is 7.53. The van der Waals surface area contributed by atoms with Gasteiger partial charge in [-0.05, 0) is 62.8 Å². The van der Waals surface area contributed by atoms with Crippen LogP contribution in [0.4, 0.5) is 13.2 Å². The lowest BCUT2D eigenvalue weighted by atomic mass is 9.65. The van der Waals surface area contributed by atoms with E-state index in [1.807, 2.05) is 0 Å². The van der Waals surface area contributed by atoms with Crippen molar-refractivity contribution in [2.45, 2.75) is 101 Å². The number of likely N-dealkylation sites (tertiary alicyclic amines) is 1. The third-order valence-corrected chi connectivity index (χ3v) is 8.49. The number of unbranched alkanes of at least 4 members (excludes halogenated alkanes) is 2. The van der Waals surface area contributed by atoms with E-state index in [-0.39, 0.29) is 37.3 Å². The molecule has 3 unspecified atom stereocenters. The maximum absolute atomic E-state index is 13.8. The molecular weight excluding hydrogens is 451 g/mol. The van der Waals surface area contributed by atoms with Crippen LogP contribution in [0, 0.1) is 23.7 Å². The lowest BCUT2D eigenvalue weighted by molar-refractivity contribution is -0.209. The number of aliphatic hydroxyl groups is 4. The third-order valence-electron chi connectivity index (χ3n) is 8.49. The van der Waals surface area contributed by atoms with Crippen molar-refractivity contribution in [3.05, 3.63) is 0 Å². The van der Waals surface area contributed by atoms with Crippen molar-refractivity contribution in [3.63, 3.8) is 0 Å². The van der Waals surface area contributed by atoms with Gasteiger partial charge in [0.05, 0.1) is 24.7 Å². The van der Waals surface area contributed by atoms with Gasteiger partial charge in [-0.2, -0.15) is 13.2 Å². The normalized spacial score (nSPS) is 36.6. The molecular formula is C25H44F3NO5. The molecule has 4 N–H and O–H groups in total. The molecule has 0 amide bonds. The van der Waals surface area contributed by atoms with Gasteiger partial charge in [0.2, 0.25) is 0 Å². The number of halogens is 3. The Balaban J connectivity index is 1.33. The lowest BCUT2D eigenvalue weighted by Gasteiger charge is -2.43. The Labute approximate surface area is 201 Å². The summed E-state index contributed by atoms with van der Waals surface area (Å²) in [7, 11) is 0. The molecule has 3 fully saturated rings. The van der Waals surface area contributed by atoms with Crippen molar-refractivity contribution < 1.29 is 38.3 Å². The predicted molar refractivity (Wildman–Crippen MR) is 122 cm³/mol. The van der Waals surface area contributed by atoms with Crippen LogP contribution in [-0.4, -0.2) is 88.8 Å². The van der Waals surface area contributed by atoms with E-state index < -0.39 is 36.4 Å². The summed E-state index contributed by atoms with van der Waals surface area (Å²) >= 11 is 0.